The van der Waals surface area contributed by atoms with Crippen molar-refractivity contribution in [1.82, 2.24) is 9.71 Å². The van der Waals surface area contributed by atoms with Gasteiger partial charge in [0.1, 0.15) is 11.1 Å². The number of nitrogens with one attached hydrogen (secondary N) is 1. The van der Waals surface area contributed by atoms with E-state index in [1.165, 1.54) is 36.7 Å². The van der Waals surface area contributed by atoms with Crippen LogP contribution in [-0.2, 0) is 25.6 Å². The fraction of sp³-hybridized carbons (Fsp3) is 0.261. The lowest BCUT2D eigenvalue weighted by Crippen LogP contribution is -2.32. The molecular weight excluding hydrogens is 451 g/mol. The lowest BCUT2D eigenvalue weighted by Gasteiger charge is -2.19. The Morgan fingerprint density at radius 2 is 1.56 bits per heavy atom. The standard InChI is InChI=1S/C23H25FN2O4S2/c1-17(2)19-7-11-22(12-8-19)32(29,30)23(20-4-3-13-25-14-20)15-26-31(27,28)16-18-5-9-21(24)10-6-18/h3-14,17,23,26H,15-16H2,1-2H3/t23-/m0/s1. The maximum Gasteiger partial charge on any atom is 0.215 e. The quantitative estimate of drug-likeness (QED) is 0.504. The average Bonchev–Trinajstić information content (AvgIpc) is 2.76. The molecule has 0 bridgehead atoms. The zero-order valence-corrected chi connectivity index (χ0v) is 19.4. The molecule has 6 nitrogen and oxygen atoms in total. The monoisotopic (exact) mass is 476 g/mol. The van der Waals surface area contributed by atoms with Gasteiger partial charge in [-0.1, -0.05) is 44.2 Å². The maximum atomic E-state index is 13.4. The topological polar surface area (TPSA) is 93.2 Å². The number of sulfone groups is 1. The molecular formula is C23H25FN2O4S2. The van der Waals surface area contributed by atoms with Crippen LogP contribution < -0.4 is 4.72 Å². The number of hydrogen-bond acceptors (Lipinski definition) is 5. The van der Waals surface area contributed by atoms with E-state index < -0.39 is 36.7 Å². The first-order valence-electron chi connectivity index (χ1n) is 10.0. The van der Waals surface area contributed by atoms with Gasteiger partial charge < -0.3 is 0 Å². The Labute approximate surface area is 188 Å². The van der Waals surface area contributed by atoms with Crippen molar-refractivity contribution in [1.29, 1.82) is 0 Å². The highest BCUT2D eigenvalue weighted by atomic mass is 32.2. The summed E-state index contributed by atoms with van der Waals surface area (Å²) in [7, 11) is -7.78. The van der Waals surface area contributed by atoms with Crippen LogP contribution in [0, 0.1) is 5.82 Å². The molecule has 1 heterocycles. The molecule has 0 spiro atoms. The molecule has 1 atom stereocenters. The van der Waals surface area contributed by atoms with Crippen molar-refractivity contribution in [2.24, 2.45) is 0 Å². The number of benzene rings is 2. The molecule has 1 aromatic heterocycles. The Bertz CT molecular complexity index is 1240. The van der Waals surface area contributed by atoms with Gasteiger partial charge in [-0.05, 0) is 52.9 Å². The first-order valence-corrected chi connectivity index (χ1v) is 13.2. The van der Waals surface area contributed by atoms with Gasteiger partial charge in [-0.3, -0.25) is 4.98 Å². The minimum atomic E-state index is -3.91. The lowest BCUT2D eigenvalue weighted by atomic mass is 10.0. The lowest BCUT2D eigenvalue weighted by molar-refractivity contribution is 0.568. The summed E-state index contributed by atoms with van der Waals surface area (Å²) in [5.41, 5.74) is 1.77. The van der Waals surface area contributed by atoms with E-state index in [-0.39, 0.29) is 17.4 Å². The molecule has 9 heteroatoms. The van der Waals surface area contributed by atoms with Gasteiger partial charge in [0.15, 0.2) is 9.84 Å². The Balaban J connectivity index is 1.87. The predicted octanol–water partition coefficient (Wildman–Crippen LogP) is 3.98. The second-order valence-corrected chi connectivity index (χ2v) is 11.7. The normalized spacial score (nSPS) is 13.2. The van der Waals surface area contributed by atoms with E-state index in [2.05, 4.69) is 9.71 Å². The van der Waals surface area contributed by atoms with Gasteiger partial charge in [0.05, 0.1) is 10.6 Å². The largest absolute Gasteiger partial charge is 0.264 e. The predicted molar refractivity (Wildman–Crippen MR) is 122 cm³/mol. The molecule has 3 aromatic rings. The molecule has 2 aromatic carbocycles. The molecule has 0 aliphatic rings. The number of rotatable bonds is 9. The average molecular weight is 477 g/mol. The molecule has 1 N–H and O–H groups in total. The zero-order valence-electron chi connectivity index (χ0n) is 17.8. The minimum Gasteiger partial charge on any atom is -0.264 e. The molecule has 0 radical (unpaired) electrons. The molecule has 0 fully saturated rings. The van der Waals surface area contributed by atoms with Crippen LogP contribution in [0.25, 0.3) is 0 Å². The first kappa shape index (κ1) is 24.0. The van der Waals surface area contributed by atoms with Gasteiger partial charge in [-0.15, -0.1) is 0 Å². The van der Waals surface area contributed by atoms with E-state index >= 15 is 0 Å². The number of halogens is 1. The van der Waals surface area contributed by atoms with E-state index in [1.54, 1.807) is 36.4 Å². The second kappa shape index (κ2) is 9.89. The van der Waals surface area contributed by atoms with Crippen LogP contribution in [-0.4, -0.2) is 28.4 Å². The summed E-state index contributed by atoms with van der Waals surface area (Å²) < 4.78 is 67.5. The van der Waals surface area contributed by atoms with Gasteiger partial charge in [-0.25, -0.2) is 25.9 Å². The van der Waals surface area contributed by atoms with E-state index in [0.29, 0.717) is 11.1 Å². The molecule has 3 rings (SSSR count). The fourth-order valence-electron chi connectivity index (χ4n) is 3.23. The van der Waals surface area contributed by atoms with Gasteiger partial charge >= 0.3 is 0 Å². The van der Waals surface area contributed by atoms with Crippen LogP contribution in [0.15, 0.2) is 78.0 Å². The van der Waals surface area contributed by atoms with Crippen molar-refractivity contribution < 1.29 is 21.2 Å². The van der Waals surface area contributed by atoms with Crippen LogP contribution in [0.4, 0.5) is 4.39 Å². The summed E-state index contributed by atoms with van der Waals surface area (Å²) in [4.78, 5) is 4.10. The maximum absolute atomic E-state index is 13.4. The highest BCUT2D eigenvalue weighted by Crippen LogP contribution is 2.29. The minimum absolute atomic E-state index is 0.105. The van der Waals surface area contributed by atoms with Gasteiger partial charge in [0.25, 0.3) is 0 Å². The SMILES string of the molecule is CC(C)c1ccc(S(=O)(=O)[C@@H](CNS(=O)(=O)Cc2ccc(F)cc2)c2cccnc2)cc1. The smallest absolute Gasteiger partial charge is 0.215 e. The zero-order chi connectivity index (χ0) is 23.4. The van der Waals surface area contributed by atoms with Crippen molar-refractivity contribution in [3.63, 3.8) is 0 Å². The summed E-state index contributed by atoms with van der Waals surface area (Å²) in [6.07, 6.45) is 2.93. The number of hydrogen-bond donors (Lipinski definition) is 1. The van der Waals surface area contributed by atoms with E-state index in [9.17, 15) is 21.2 Å². The van der Waals surface area contributed by atoms with Crippen LogP contribution in [0.1, 0.15) is 41.7 Å². The van der Waals surface area contributed by atoms with Crippen LogP contribution in [0.3, 0.4) is 0 Å². The van der Waals surface area contributed by atoms with Crippen LogP contribution in [0.2, 0.25) is 0 Å². The summed E-state index contributed by atoms with van der Waals surface area (Å²) >= 11 is 0. The van der Waals surface area contributed by atoms with Crippen molar-refractivity contribution in [3.8, 4) is 0 Å². The third-order valence-electron chi connectivity index (χ3n) is 5.06. The Hall–Kier alpha value is -2.62. The third-order valence-corrected chi connectivity index (χ3v) is 8.50. The molecule has 0 amide bonds. The first-order chi connectivity index (χ1) is 15.1. The summed E-state index contributed by atoms with van der Waals surface area (Å²) in [6.45, 7) is 3.67. The van der Waals surface area contributed by atoms with Crippen molar-refractivity contribution in [2.75, 3.05) is 6.54 Å². The van der Waals surface area contributed by atoms with E-state index in [4.69, 9.17) is 0 Å². The molecule has 0 saturated heterocycles. The highest BCUT2D eigenvalue weighted by molar-refractivity contribution is 7.92. The molecule has 0 saturated carbocycles. The molecule has 0 unspecified atom stereocenters. The second-order valence-electron chi connectivity index (χ2n) is 7.78. The van der Waals surface area contributed by atoms with Gasteiger partial charge in [0, 0.05) is 18.9 Å². The number of sulfonamides is 1. The number of nitrogens with zero attached hydrogens (tertiary/aromatic N) is 1. The molecule has 0 aliphatic carbocycles. The molecule has 0 aliphatic heterocycles. The third kappa shape index (κ3) is 5.99. The van der Waals surface area contributed by atoms with Crippen molar-refractivity contribution >= 4 is 19.9 Å². The van der Waals surface area contributed by atoms with Gasteiger partial charge in [-0.2, -0.15) is 0 Å². The van der Waals surface area contributed by atoms with E-state index in [0.717, 1.165) is 5.56 Å². The summed E-state index contributed by atoms with van der Waals surface area (Å²) in [5.74, 6) is -0.611. The van der Waals surface area contributed by atoms with Gasteiger partial charge in [0.2, 0.25) is 10.0 Å². The Morgan fingerprint density at radius 1 is 0.906 bits per heavy atom. The molecule has 32 heavy (non-hydrogen) atoms. The fourth-order valence-corrected chi connectivity index (χ4v) is 6.14. The van der Waals surface area contributed by atoms with Crippen molar-refractivity contribution in [3.05, 3.63) is 95.6 Å². The summed E-state index contributed by atoms with van der Waals surface area (Å²) in [5, 5.41) is -1.16. The van der Waals surface area contributed by atoms with Crippen molar-refractivity contribution in [2.45, 2.75) is 35.7 Å². The Kier molecular flexibility index (Phi) is 7.43. The van der Waals surface area contributed by atoms with Crippen LogP contribution >= 0.6 is 0 Å². The number of pyridine rings is 1. The van der Waals surface area contributed by atoms with Crippen LogP contribution in [0.5, 0.6) is 0 Å². The Morgan fingerprint density at radius 3 is 2.12 bits per heavy atom. The molecule has 170 valence electrons. The highest BCUT2D eigenvalue weighted by Gasteiger charge is 2.31. The van der Waals surface area contributed by atoms with E-state index in [1.807, 2.05) is 13.8 Å². The summed E-state index contributed by atoms with van der Waals surface area (Å²) in [6, 6.07) is 14.9. The number of aromatic nitrogens is 1.